The van der Waals surface area contributed by atoms with E-state index in [1.165, 1.54) is 0 Å². The van der Waals surface area contributed by atoms with Crippen molar-refractivity contribution in [2.45, 2.75) is 18.8 Å². The van der Waals surface area contributed by atoms with Crippen LogP contribution in [0.4, 0.5) is 0 Å². The van der Waals surface area contributed by atoms with Crippen molar-refractivity contribution in [1.82, 2.24) is 14.5 Å². The van der Waals surface area contributed by atoms with Crippen molar-refractivity contribution in [2.75, 3.05) is 20.6 Å². The van der Waals surface area contributed by atoms with Crippen LogP contribution in [0.1, 0.15) is 17.8 Å². The van der Waals surface area contributed by atoms with Crippen molar-refractivity contribution in [1.29, 1.82) is 5.26 Å². The van der Waals surface area contributed by atoms with Gasteiger partial charge in [-0.2, -0.15) is 5.26 Å². The summed E-state index contributed by atoms with van der Waals surface area (Å²) in [5.41, 5.74) is 2.36. The molecule has 19 heavy (non-hydrogen) atoms. The zero-order chi connectivity index (χ0) is 13.8. The van der Waals surface area contributed by atoms with Crippen LogP contribution in [0.15, 0.2) is 18.2 Å². The number of para-hydroxylation sites is 1. The average molecular weight is 277 g/mol. The van der Waals surface area contributed by atoms with Gasteiger partial charge in [0.15, 0.2) is 0 Å². The maximum atomic E-state index is 9.12. The van der Waals surface area contributed by atoms with Gasteiger partial charge in [0.25, 0.3) is 0 Å². The van der Waals surface area contributed by atoms with Crippen molar-refractivity contribution in [3.8, 4) is 6.07 Å². The van der Waals surface area contributed by atoms with E-state index < -0.39 is 0 Å². The molecule has 1 aromatic heterocycles. The number of aryl methyl sites for hydroxylation is 1. The molecule has 1 aromatic carbocycles. The van der Waals surface area contributed by atoms with Gasteiger partial charge in [-0.15, -0.1) is 11.6 Å². The van der Waals surface area contributed by atoms with Gasteiger partial charge in [0.2, 0.25) is 0 Å². The fourth-order valence-corrected chi connectivity index (χ4v) is 2.39. The third-order valence-electron chi connectivity index (χ3n) is 3.08. The van der Waals surface area contributed by atoms with Crippen molar-refractivity contribution < 1.29 is 0 Å². The van der Waals surface area contributed by atoms with Crippen molar-refractivity contribution in [3.05, 3.63) is 29.6 Å². The summed E-state index contributed by atoms with van der Waals surface area (Å²) in [5, 5.41) is 9.12. The molecule has 1 heterocycles. The molecule has 100 valence electrons. The lowest BCUT2D eigenvalue weighted by Gasteiger charge is -2.11. The summed E-state index contributed by atoms with van der Waals surface area (Å²) in [4.78, 5) is 6.65. The van der Waals surface area contributed by atoms with Crippen LogP contribution < -0.4 is 0 Å². The van der Waals surface area contributed by atoms with Crippen molar-refractivity contribution in [2.24, 2.45) is 0 Å². The molecule has 0 atom stereocenters. The van der Waals surface area contributed by atoms with E-state index in [2.05, 4.69) is 34.6 Å². The molecule has 2 rings (SSSR count). The molecule has 0 aliphatic carbocycles. The number of hydrogen-bond donors (Lipinski definition) is 0. The Kier molecular flexibility index (Phi) is 4.41. The Morgan fingerprint density at radius 1 is 1.42 bits per heavy atom. The largest absolute Gasteiger partial charge is 0.327 e. The van der Waals surface area contributed by atoms with Crippen LogP contribution in [-0.4, -0.2) is 35.1 Å². The Morgan fingerprint density at radius 2 is 2.21 bits per heavy atom. The lowest BCUT2D eigenvalue weighted by atomic mass is 10.2. The molecule has 0 unspecified atom stereocenters. The van der Waals surface area contributed by atoms with E-state index in [1.807, 2.05) is 12.1 Å². The zero-order valence-electron chi connectivity index (χ0n) is 11.2. The highest BCUT2D eigenvalue weighted by Crippen LogP contribution is 2.21. The van der Waals surface area contributed by atoms with E-state index >= 15 is 0 Å². The number of halogens is 1. The Morgan fingerprint density at radius 3 is 2.84 bits per heavy atom. The van der Waals surface area contributed by atoms with Gasteiger partial charge >= 0.3 is 0 Å². The first kappa shape index (κ1) is 13.9. The van der Waals surface area contributed by atoms with Gasteiger partial charge in [-0.3, -0.25) is 0 Å². The summed E-state index contributed by atoms with van der Waals surface area (Å²) in [6.45, 7) is 1.88. The number of aromatic nitrogens is 2. The number of fused-ring (bicyclic) bond motifs is 1. The third-order valence-corrected chi connectivity index (χ3v) is 3.32. The Bertz CT molecular complexity index is 610. The van der Waals surface area contributed by atoms with E-state index in [4.69, 9.17) is 16.9 Å². The molecule has 0 saturated carbocycles. The fraction of sp³-hybridized carbons (Fsp3) is 0.429. The normalized spacial score (nSPS) is 11.1. The molecular weight excluding hydrogens is 260 g/mol. The predicted octanol–water partition coefficient (Wildman–Crippen LogP) is 2.60. The van der Waals surface area contributed by atoms with Gasteiger partial charge < -0.3 is 9.47 Å². The first-order valence-corrected chi connectivity index (χ1v) is 6.79. The number of benzene rings is 1. The molecule has 0 bridgehead atoms. The van der Waals surface area contributed by atoms with Crippen LogP contribution in [0.25, 0.3) is 11.0 Å². The molecule has 0 saturated heterocycles. The maximum Gasteiger partial charge on any atom is 0.124 e. The van der Waals surface area contributed by atoms with Gasteiger partial charge in [0.05, 0.1) is 17.0 Å². The first-order chi connectivity index (χ1) is 9.17. The average Bonchev–Trinajstić information content (AvgIpc) is 2.76. The van der Waals surface area contributed by atoms with Crippen molar-refractivity contribution in [3.63, 3.8) is 0 Å². The molecule has 0 aliphatic rings. The van der Waals surface area contributed by atoms with E-state index in [1.54, 1.807) is 6.07 Å². The van der Waals surface area contributed by atoms with E-state index in [9.17, 15) is 0 Å². The lowest BCUT2D eigenvalue weighted by Crippen LogP contribution is -2.15. The number of nitriles is 1. The summed E-state index contributed by atoms with van der Waals surface area (Å²) in [6.07, 6.45) is 1.03. The zero-order valence-corrected chi connectivity index (χ0v) is 12.0. The van der Waals surface area contributed by atoms with E-state index in [0.29, 0.717) is 11.4 Å². The molecule has 0 N–H and O–H groups in total. The summed E-state index contributed by atoms with van der Waals surface area (Å²) in [5.74, 6) is 1.19. The highest BCUT2D eigenvalue weighted by atomic mass is 35.5. The van der Waals surface area contributed by atoms with E-state index in [-0.39, 0.29) is 0 Å². The number of rotatable bonds is 5. The Hall–Kier alpha value is -1.57. The highest BCUT2D eigenvalue weighted by Gasteiger charge is 2.12. The molecular formula is C14H17ClN4. The number of imidazole rings is 1. The van der Waals surface area contributed by atoms with Gasteiger partial charge in [-0.25, -0.2) is 4.98 Å². The molecule has 0 radical (unpaired) electrons. The Balaban J connectivity index is 2.38. The van der Waals surface area contributed by atoms with E-state index in [0.717, 1.165) is 36.4 Å². The summed E-state index contributed by atoms with van der Waals surface area (Å²) >= 11 is 5.96. The summed E-state index contributed by atoms with van der Waals surface area (Å²) in [6, 6.07) is 7.86. The van der Waals surface area contributed by atoms with Gasteiger partial charge in [-0.05, 0) is 39.2 Å². The molecule has 0 spiro atoms. The fourth-order valence-electron chi connectivity index (χ4n) is 2.18. The number of hydrogen-bond acceptors (Lipinski definition) is 3. The molecule has 0 fully saturated rings. The summed E-state index contributed by atoms with van der Waals surface area (Å²) < 4.78 is 2.12. The predicted molar refractivity (Wildman–Crippen MR) is 77.2 cm³/mol. The van der Waals surface area contributed by atoms with Gasteiger partial charge in [0, 0.05) is 6.54 Å². The summed E-state index contributed by atoms with van der Waals surface area (Å²) in [7, 11) is 4.12. The first-order valence-electron chi connectivity index (χ1n) is 6.26. The quantitative estimate of drug-likeness (QED) is 0.789. The van der Waals surface area contributed by atoms with Crippen LogP contribution in [0.3, 0.4) is 0 Å². The second-order valence-corrected chi connectivity index (χ2v) is 5.02. The van der Waals surface area contributed by atoms with Crippen LogP contribution in [0.5, 0.6) is 0 Å². The van der Waals surface area contributed by atoms with Crippen LogP contribution in [0, 0.1) is 11.3 Å². The second kappa shape index (κ2) is 6.05. The molecule has 4 nitrogen and oxygen atoms in total. The molecule has 2 aromatic rings. The SMILES string of the molecule is CN(C)CCCn1c(CCl)nc2c(C#N)cccc21. The Labute approximate surface area is 118 Å². The maximum absolute atomic E-state index is 9.12. The van der Waals surface area contributed by atoms with Gasteiger partial charge in [0.1, 0.15) is 17.4 Å². The highest BCUT2D eigenvalue weighted by molar-refractivity contribution is 6.16. The van der Waals surface area contributed by atoms with Crippen molar-refractivity contribution >= 4 is 22.6 Å². The molecule has 0 amide bonds. The third kappa shape index (κ3) is 2.89. The lowest BCUT2D eigenvalue weighted by molar-refractivity contribution is 0.386. The topological polar surface area (TPSA) is 44.9 Å². The standard InChI is InChI=1S/C14H17ClN4/c1-18(2)7-4-8-19-12-6-3-5-11(10-16)14(12)17-13(19)9-15/h3,5-6H,4,7-9H2,1-2H3. The van der Waals surface area contributed by atoms with Crippen LogP contribution in [0.2, 0.25) is 0 Å². The monoisotopic (exact) mass is 276 g/mol. The van der Waals surface area contributed by atoms with Crippen LogP contribution >= 0.6 is 11.6 Å². The minimum absolute atomic E-state index is 0.363. The molecule has 5 heteroatoms. The van der Waals surface area contributed by atoms with Crippen LogP contribution in [-0.2, 0) is 12.4 Å². The number of nitrogens with zero attached hydrogens (tertiary/aromatic N) is 4. The number of alkyl halides is 1. The second-order valence-electron chi connectivity index (χ2n) is 4.76. The van der Waals surface area contributed by atoms with Gasteiger partial charge in [-0.1, -0.05) is 6.07 Å². The smallest absolute Gasteiger partial charge is 0.124 e. The minimum atomic E-state index is 0.363. The minimum Gasteiger partial charge on any atom is -0.327 e. The molecule has 0 aliphatic heterocycles.